The second-order valence-corrected chi connectivity index (χ2v) is 2.51. The van der Waals surface area contributed by atoms with Crippen molar-refractivity contribution < 1.29 is 10.2 Å². The van der Waals surface area contributed by atoms with Crippen molar-refractivity contribution >= 4 is 0 Å². The summed E-state index contributed by atoms with van der Waals surface area (Å²) in [5, 5.41) is 18.2. The number of hydrogen-bond donors (Lipinski definition) is 2. The first-order valence-electron chi connectivity index (χ1n) is 4.03. The van der Waals surface area contributed by atoms with Gasteiger partial charge in [0.1, 0.15) is 5.76 Å². The number of aliphatic hydroxyl groups is 2. The van der Waals surface area contributed by atoms with Gasteiger partial charge in [-0.1, -0.05) is 13.0 Å². The Kier molecular flexibility index (Phi) is 4.93. The third kappa shape index (κ3) is 3.86. The number of hydrogen-bond acceptors (Lipinski definition) is 2. The van der Waals surface area contributed by atoms with Gasteiger partial charge in [-0.2, -0.15) is 0 Å². The fourth-order valence-corrected chi connectivity index (χ4v) is 0.776. The molecule has 0 spiro atoms. The predicted molar refractivity (Wildman–Crippen MR) is 51.1 cm³/mol. The number of allylic oxidation sites excluding steroid dienone is 5. The molecule has 2 nitrogen and oxygen atoms in total. The van der Waals surface area contributed by atoms with E-state index in [1.807, 2.05) is 6.92 Å². The molecule has 0 aliphatic carbocycles. The van der Waals surface area contributed by atoms with Gasteiger partial charge < -0.3 is 10.2 Å². The van der Waals surface area contributed by atoms with Gasteiger partial charge in [0.15, 0.2) is 0 Å². The molecule has 0 aromatic rings. The lowest BCUT2D eigenvalue weighted by atomic mass is 10.1. The van der Waals surface area contributed by atoms with Crippen LogP contribution in [0.1, 0.15) is 27.2 Å². The molecule has 2 N–H and O–H groups in total. The highest BCUT2D eigenvalue weighted by Crippen LogP contribution is 2.08. The van der Waals surface area contributed by atoms with Gasteiger partial charge in [0.25, 0.3) is 0 Å². The molecule has 68 valence electrons. The molecule has 0 saturated heterocycles. The SMILES string of the molecule is C\C=C(O)/C=C\C(CC)=C(/C)O. The Bertz CT molecular complexity index is 218. The maximum absolute atomic E-state index is 9.13. The van der Waals surface area contributed by atoms with Crippen molar-refractivity contribution in [1.29, 1.82) is 0 Å². The van der Waals surface area contributed by atoms with Crippen LogP contribution in [-0.2, 0) is 0 Å². The molecule has 0 heterocycles. The van der Waals surface area contributed by atoms with Gasteiger partial charge in [0.2, 0.25) is 0 Å². The molecule has 0 radical (unpaired) electrons. The van der Waals surface area contributed by atoms with Crippen molar-refractivity contribution in [3.63, 3.8) is 0 Å². The summed E-state index contributed by atoms with van der Waals surface area (Å²) in [6.45, 7) is 5.34. The lowest BCUT2D eigenvalue weighted by Gasteiger charge is -1.98. The van der Waals surface area contributed by atoms with E-state index in [2.05, 4.69) is 0 Å². The molecule has 0 aliphatic rings. The van der Waals surface area contributed by atoms with Crippen LogP contribution in [-0.4, -0.2) is 10.2 Å². The summed E-state index contributed by atoms with van der Waals surface area (Å²) in [7, 11) is 0. The van der Waals surface area contributed by atoms with Crippen LogP contribution in [0, 0.1) is 0 Å². The molecule has 0 aliphatic heterocycles. The molecule has 0 unspecified atom stereocenters. The molecule has 2 heteroatoms. The van der Waals surface area contributed by atoms with Crippen molar-refractivity contribution in [3.05, 3.63) is 35.3 Å². The summed E-state index contributed by atoms with van der Waals surface area (Å²) >= 11 is 0. The minimum atomic E-state index is 0.210. The van der Waals surface area contributed by atoms with Crippen LogP contribution in [0.15, 0.2) is 35.3 Å². The number of aliphatic hydroxyl groups excluding tert-OH is 2. The topological polar surface area (TPSA) is 40.5 Å². The average Bonchev–Trinajstić information content (AvgIpc) is 2.04. The minimum Gasteiger partial charge on any atom is -0.512 e. The van der Waals surface area contributed by atoms with Gasteiger partial charge in [-0.25, -0.2) is 0 Å². The van der Waals surface area contributed by atoms with Crippen LogP contribution in [0.3, 0.4) is 0 Å². The summed E-state index contributed by atoms with van der Waals surface area (Å²) in [6, 6.07) is 0. The van der Waals surface area contributed by atoms with Gasteiger partial charge >= 0.3 is 0 Å². The van der Waals surface area contributed by atoms with E-state index in [0.717, 1.165) is 12.0 Å². The summed E-state index contributed by atoms with van der Waals surface area (Å²) in [5.41, 5.74) is 0.836. The maximum atomic E-state index is 9.13. The molecule has 0 rings (SSSR count). The highest BCUT2D eigenvalue weighted by Gasteiger charge is 1.93. The standard InChI is InChI=1S/C10H16O2/c1-4-9(8(3)11)6-7-10(12)5-2/h5-7,11-12H,4H2,1-3H3/b7-6-,9-8+,10-5+. The molecular weight excluding hydrogens is 152 g/mol. The second kappa shape index (κ2) is 5.47. The van der Waals surface area contributed by atoms with Crippen LogP contribution in [0.25, 0.3) is 0 Å². The lowest BCUT2D eigenvalue weighted by Crippen LogP contribution is -1.82. The van der Waals surface area contributed by atoms with Crippen molar-refractivity contribution in [2.45, 2.75) is 27.2 Å². The molecule has 0 aromatic carbocycles. The van der Waals surface area contributed by atoms with E-state index in [9.17, 15) is 0 Å². The van der Waals surface area contributed by atoms with Gasteiger partial charge in [-0.15, -0.1) is 0 Å². The fraction of sp³-hybridized carbons (Fsp3) is 0.400. The molecular formula is C10H16O2. The first kappa shape index (κ1) is 10.8. The smallest absolute Gasteiger partial charge is 0.111 e. The van der Waals surface area contributed by atoms with E-state index in [1.54, 1.807) is 32.1 Å². The van der Waals surface area contributed by atoms with E-state index in [1.165, 1.54) is 0 Å². The highest BCUT2D eigenvalue weighted by molar-refractivity contribution is 5.25. The second-order valence-electron chi connectivity index (χ2n) is 2.51. The van der Waals surface area contributed by atoms with Crippen LogP contribution in [0.4, 0.5) is 0 Å². The van der Waals surface area contributed by atoms with E-state index >= 15 is 0 Å². The molecule has 0 fully saturated rings. The Morgan fingerprint density at radius 3 is 2.17 bits per heavy atom. The quantitative estimate of drug-likeness (QED) is 0.501. The van der Waals surface area contributed by atoms with E-state index < -0.39 is 0 Å². The zero-order valence-corrected chi connectivity index (χ0v) is 7.83. The molecule has 0 atom stereocenters. The van der Waals surface area contributed by atoms with Crippen LogP contribution < -0.4 is 0 Å². The Labute approximate surface area is 73.5 Å². The first-order chi connectivity index (χ1) is 5.61. The van der Waals surface area contributed by atoms with Gasteiger partial charge in [0.05, 0.1) is 5.76 Å². The monoisotopic (exact) mass is 168 g/mol. The van der Waals surface area contributed by atoms with Crippen molar-refractivity contribution in [2.24, 2.45) is 0 Å². The zero-order valence-electron chi connectivity index (χ0n) is 7.83. The van der Waals surface area contributed by atoms with E-state index in [-0.39, 0.29) is 5.76 Å². The Morgan fingerprint density at radius 1 is 1.25 bits per heavy atom. The Morgan fingerprint density at radius 2 is 1.83 bits per heavy atom. The summed E-state index contributed by atoms with van der Waals surface area (Å²) in [4.78, 5) is 0. The zero-order chi connectivity index (χ0) is 9.56. The molecule has 0 saturated carbocycles. The van der Waals surface area contributed by atoms with Crippen LogP contribution in [0.5, 0.6) is 0 Å². The van der Waals surface area contributed by atoms with E-state index in [4.69, 9.17) is 10.2 Å². The summed E-state index contributed by atoms with van der Waals surface area (Å²) in [6.07, 6.45) is 5.63. The number of rotatable bonds is 3. The molecule has 0 aromatic heterocycles. The van der Waals surface area contributed by atoms with Crippen molar-refractivity contribution in [2.75, 3.05) is 0 Å². The predicted octanol–water partition coefficient (Wildman–Crippen LogP) is 3.25. The van der Waals surface area contributed by atoms with Crippen LogP contribution in [0.2, 0.25) is 0 Å². The minimum absolute atomic E-state index is 0.210. The molecule has 12 heavy (non-hydrogen) atoms. The summed E-state index contributed by atoms with van der Waals surface area (Å²) < 4.78 is 0. The van der Waals surface area contributed by atoms with Crippen molar-refractivity contribution in [1.82, 2.24) is 0 Å². The average molecular weight is 168 g/mol. The first-order valence-corrected chi connectivity index (χ1v) is 4.03. The highest BCUT2D eigenvalue weighted by atomic mass is 16.3. The van der Waals surface area contributed by atoms with E-state index in [0.29, 0.717) is 5.76 Å². The lowest BCUT2D eigenvalue weighted by molar-refractivity contribution is 0.407. The summed E-state index contributed by atoms with van der Waals surface area (Å²) in [5.74, 6) is 0.514. The van der Waals surface area contributed by atoms with Crippen molar-refractivity contribution in [3.8, 4) is 0 Å². The largest absolute Gasteiger partial charge is 0.512 e. The third-order valence-electron chi connectivity index (χ3n) is 1.60. The normalized spacial score (nSPS) is 15.1. The molecule has 0 bridgehead atoms. The molecule has 0 amide bonds. The third-order valence-corrected chi connectivity index (χ3v) is 1.60. The van der Waals surface area contributed by atoms with Gasteiger partial charge in [-0.3, -0.25) is 0 Å². The van der Waals surface area contributed by atoms with Gasteiger partial charge in [-0.05, 0) is 38.0 Å². The van der Waals surface area contributed by atoms with Gasteiger partial charge in [0, 0.05) is 0 Å². The Hall–Kier alpha value is -1.18. The maximum Gasteiger partial charge on any atom is 0.111 e. The van der Waals surface area contributed by atoms with Crippen LogP contribution >= 0.6 is 0 Å². The Balaban J connectivity index is 4.43. The fourth-order valence-electron chi connectivity index (χ4n) is 0.776.